The maximum atomic E-state index is 12.9. The summed E-state index contributed by atoms with van der Waals surface area (Å²) in [6.07, 6.45) is 3.29. The molecule has 168 valence electrons. The van der Waals surface area contributed by atoms with Crippen molar-refractivity contribution in [3.8, 4) is 0 Å². The number of para-hydroxylation sites is 1. The second-order valence-electron chi connectivity index (χ2n) is 8.84. The van der Waals surface area contributed by atoms with Gasteiger partial charge in [0.15, 0.2) is 6.61 Å². The number of aryl methyl sites for hydroxylation is 1. The van der Waals surface area contributed by atoms with Crippen molar-refractivity contribution in [3.63, 3.8) is 0 Å². The molecule has 2 unspecified atom stereocenters. The van der Waals surface area contributed by atoms with Gasteiger partial charge in [-0.05, 0) is 42.7 Å². The number of imide groups is 1. The van der Waals surface area contributed by atoms with Crippen LogP contribution >= 0.6 is 0 Å². The Hall–Kier alpha value is -2.90. The molecule has 8 heteroatoms. The van der Waals surface area contributed by atoms with Crippen molar-refractivity contribution in [3.05, 3.63) is 29.3 Å². The van der Waals surface area contributed by atoms with E-state index < -0.39 is 36.6 Å². The smallest absolute Gasteiger partial charge is 0.326 e. The SMILES string of the molecule is Cc1cccc(C(C)C)c1NC(=O)COC(=O)CN1C(=O)NC2(CCCCC2C)C1=O. The number of nitrogens with one attached hydrogen (secondary N) is 2. The molecule has 0 radical (unpaired) electrons. The van der Waals surface area contributed by atoms with Crippen LogP contribution < -0.4 is 10.6 Å². The van der Waals surface area contributed by atoms with Gasteiger partial charge < -0.3 is 15.4 Å². The molecule has 0 bridgehead atoms. The molecule has 1 spiro atoms. The fourth-order valence-electron chi connectivity index (χ4n) is 4.48. The standard InChI is InChI=1S/C23H31N3O5/c1-14(2)17-10-7-8-15(3)20(17)24-18(27)13-31-19(28)12-26-21(29)23(25-22(26)30)11-6-5-9-16(23)4/h7-8,10,14,16H,5-6,9,11-13H2,1-4H3,(H,24,27)(H,25,30). The highest BCUT2D eigenvalue weighted by molar-refractivity contribution is 6.09. The molecule has 1 aromatic carbocycles. The van der Waals surface area contributed by atoms with E-state index in [0.717, 1.165) is 35.3 Å². The third-order valence-electron chi connectivity index (χ3n) is 6.34. The lowest BCUT2D eigenvalue weighted by atomic mass is 9.73. The molecule has 2 N–H and O–H groups in total. The molecule has 2 fully saturated rings. The Labute approximate surface area is 182 Å². The highest BCUT2D eigenvalue weighted by Gasteiger charge is 2.55. The first-order valence-electron chi connectivity index (χ1n) is 10.8. The first kappa shape index (κ1) is 22.8. The van der Waals surface area contributed by atoms with Crippen LogP contribution in [0.15, 0.2) is 18.2 Å². The Kier molecular flexibility index (Phi) is 6.67. The Morgan fingerprint density at radius 3 is 2.71 bits per heavy atom. The van der Waals surface area contributed by atoms with Crippen LogP contribution in [0.1, 0.15) is 63.5 Å². The number of amides is 4. The van der Waals surface area contributed by atoms with E-state index in [4.69, 9.17) is 4.74 Å². The highest BCUT2D eigenvalue weighted by Crippen LogP contribution is 2.38. The molecule has 1 aromatic rings. The number of urea groups is 1. The van der Waals surface area contributed by atoms with E-state index in [1.165, 1.54) is 0 Å². The largest absolute Gasteiger partial charge is 0.454 e. The van der Waals surface area contributed by atoms with E-state index in [1.54, 1.807) is 0 Å². The molecular weight excluding hydrogens is 398 g/mol. The van der Waals surface area contributed by atoms with Crippen molar-refractivity contribution in [1.82, 2.24) is 10.2 Å². The fourth-order valence-corrected chi connectivity index (χ4v) is 4.48. The molecule has 2 aliphatic rings. The Balaban J connectivity index is 1.57. The zero-order valence-corrected chi connectivity index (χ0v) is 18.6. The Bertz CT molecular complexity index is 897. The topological polar surface area (TPSA) is 105 Å². The maximum absolute atomic E-state index is 12.9. The van der Waals surface area contributed by atoms with Crippen LogP contribution in [0.3, 0.4) is 0 Å². The zero-order valence-electron chi connectivity index (χ0n) is 18.6. The van der Waals surface area contributed by atoms with Gasteiger partial charge in [0.05, 0.1) is 0 Å². The maximum Gasteiger partial charge on any atom is 0.326 e. The summed E-state index contributed by atoms with van der Waals surface area (Å²) in [7, 11) is 0. The van der Waals surface area contributed by atoms with Crippen molar-refractivity contribution in [2.75, 3.05) is 18.5 Å². The predicted molar refractivity (Wildman–Crippen MR) is 115 cm³/mol. The zero-order chi connectivity index (χ0) is 22.8. The van der Waals surface area contributed by atoms with Crippen LogP contribution in [0.25, 0.3) is 0 Å². The quantitative estimate of drug-likeness (QED) is 0.534. The van der Waals surface area contributed by atoms with Gasteiger partial charge >= 0.3 is 12.0 Å². The lowest BCUT2D eigenvalue weighted by molar-refractivity contribution is -0.150. The fraction of sp³-hybridized carbons (Fsp3) is 0.565. The van der Waals surface area contributed by atoms with E-state index in [9.17, 15) is 19.2 Å². The number of nitrogens with zero attached hydrogens (tertiary/aromatic N) is 1. The molecular formula is C23H31N3O5. The van der Waals surface area contributed by atoms with E-state index in [0.29, 0.717) is 12.1 Å². The van der Waals surface area contributed by atoms with Gasteiger partial charge in [-0.1, -0.05) is 51.8 Å². The Morgan fingerprint density at radius 2 is 2.03 bits per heavy atom. The van der Waals surface area contributed by atoms with Crippen LogP contribution in [-0.4, -0.2) is 47.4 Å². The van der Waals surface area contributed by atoms with E-state index in [1.807, 2.05) is 45.9 Å². The van der Waals surface area contributed by atoms with E-state index in [2.05, 4.69) is 10.6 Å². The molecule has 8 nitrogen and oxygen atoms in total. The van der Waals surface area contributed by atoms with Gasteiger partial charge in [-0.25, -0.2) is 4.79 Å². The average Bonchev–Trinajstić information content (AvgIpc) is 2.95. The number of carbonyl (C=O) groups is 4. The first-order valence-corrected chi connectivity index (χ1v) is 10.8. The lowest BCUT2D eigenvalue weighted by Crippen LogP contribution is -2.54. The number of carbonyl (C=O) groups excluding carboxylic acids is 4. The van der Waals surface area contributed by atoms with Crippen molar-refractivity contribution in [1.29, 1.82) is 0 Å². The Morgan fingerprint density at radius 1 is 1.29 bits per heavy atom. The highest BCUT2D eigenvalue weighted by atomic mass is 16.5. The normalized spacial score (nSPS) is 23.3. The summed E-state index contributed by atoms with van der Waals surface area (Å²) in [5.74, 6) is -1.43. The van der Waals surface area contributed by atoms with E-state index >= 15 is 0 Å². The van der Waals surface area contributed by atoms with Crippen LogP contribution in [0.5, 0.6) is 0 Å². The third-order valence-corrected chi connectivity index (χ3v) is 6.34. The van der Waals surface area contributed by atoms with Gasteiger partial charge in [0.25, 0.3) is 11.8 Å². The van der Waals surface area contributed by atoms with Crippen molar-refractivity contribution < 1.29 is 23.9 Å². The van der Waals surface area contributed by atoms with Crippen LogP contribution in [-0.2, 0) is 19.1 Å². The predicted octanol–water partition coefficient (Wildman–Crippen LogP) is 3.10. The van der Waals surface area contributed by atoms with Gasteiger partial charge in [0, 0.05) is 5.69 Å². The summed E-state index contributed by atoms with van der Waals surface area (Å²) in [4.78, 5) is 50.8. The number of rotatable bonds is 6. The molecule has 1 saturated heterocycles. The van der Waals surface area contributed by atoms with Gasteiger partial charge in [0.1, 0.15) is 12.1 Å². The molecule has 0 aromatic heterocycles. The van der Waals surface area contributed by atoms with Crippen LogP contribution in [0.4, 0.5) is 10.5 Å². The minimum Gasteiger partial charge on any atom is -0.454 e. The van der Waals surface area contributed by atoms with Crippen LogP contribution in [0, 0.1) is 12.8 Å². The number of hydrogen-bond donors (Lipinski definition) is 2. The minimum absolute atomic E-state index is 0.00811. The molecule has 2 atom stereocenters. The van der Waals surface area contributed by atoms with Gasteiger partial charge in [0.2, 0.25) is 0 Å². The number of ether oxygens (including phenoxy) is 1. The third kappa shape index (κ3) is 4.57. The van der Waals surface area contributed by atoms with Crippen molar-refractivity contribution >= 4 is 29.5 Å². The molecule has 1 saturated carbocycles. The summed E-state index contributed by atoms with van der Waals surface area (Å²) in [5.41, 5.74) is 1.69. The van der Waals surface area contributed by atoms with E-state index in [-0.39, 0.29) is 17.7 Å². The minimum atomic E-state index is -0.926. The summed E-state index contributed by atoms with van der Waals surface area (Å²) in [6, 6.07) is 5.19. The number of benzene rings is 1. The monoisotopic (exact) mass is 429 g/mol. The second-order valence-corrected chi connectivity index (χ2v) is 8.84. The summed E-state index contributed by atoms with van der Waals surface area (Å²) in [5, 5.41) is 5.60. The summed E-state index contributed by atoms with van der Waals surface area (Å²) in [6.45, 7) is 6.91. The number of esters is 1. The molecule has 1 aliphatic carbocycles. The van der Waals surface area contributed by atoms with Gasteiger partial charge in [-0.2, -0.15) is 0 Å². The second kappa shape index (κ2) is 9.08. The number of anilines is 1. The van der Waals surface area contributed by atoms with Crippen LogP contribution in [0.2, 0.25) is 0 Å². The van der Waals surface area contributed by atoms with Crippen molar-refractivity contribution in [2.45, 2.75) is 64.8 Å². The summed E-state index contributed by atoms with van der Waals surface area (Å²) >= 11 is 0. The molecule has 3 rings (SSSR count). The number of hydrogen-bond acceptors (Lipinski definition) is 5. The van der Waals surface area contributed by atoms with Crippen molar-refractivity contribution in [2.24, 2.45) is 5.92 Å². The molecule has 1 aliphatic heterocycles. The molecule has 31 heavy (non-hydrogen) atoms. The summed E-state index contributed by atoms with van der Waals surface area (Å²) < 4.78 is 5.05. The average molecular weight is 430 g/mol. The van der Waals surface area contributed by atoms with Gasteiger partial charge in [-0.3, -0.25) is 19.3 Å². The molecule has 4 amide bonds. The van der Waals surface area contributed by atoms with Gasteiger partial charge in [-0.15, -0.1) is 0 Å². The first-order chi connectivity index (χ1) is 14.7. The molecule has 1 heterocycles. The lowest BCUT2D eigenvalue weighted by Gasteiger charge is -2.36.